The van der Waals surface area contributed by atoms with Crippen molar-refractivity contribution in [3.8, 4) is 0 Å². The predicted octanol–water partition coefficient (Wildman–Crippen LogP) is 2.17. The third-order valence-corrected chi connectivity index (χ3v) is 3.77. The Morgan fingerprint density at radius 3 is 2.23 bits per heavy atom. The summed E-state index contributed by atoms with van der Waals surface area (Å²) in [5, 5.41) is 1.23. The molecular formula is C15H10N2O4S. The summed E-state index contributed by atoms with van der Waals surface area (Å²) in [6.45, 7) is 0. The zero-order valence-electron chi connectivity index (χ0n) is 11.5. The van der Waals surface area contributed by atoms with E-state index in [4.69, 9.17) is 4.84 Å². The second-order valence-corrected chi connectivity index (χ2v) is 5.24. The van der Waals surface area contributed by atoms with Crippen LogP contribution in [0.3, 0.4) is 0 Å². The highest BCUT2D eigenvalue weighted by atomic mass is 32.2. The number of hydrogen-bond donors (Lipinski definition) is 0. The highest BCUT2D eigenvalue weighted by Crippen LogP contribution is 2.23. The molecular weight excluding hydrogens is 304 g/mol. The van der Waals surface area contributed by atoms with E-state index in [1.807, 2.05) is 6.26 Å². The van der Waals surface area contributed by atoms with Crippen LogP contribution in [0.5, 0.6) is 0 Å². The maximum atomic E-state index is 12.1. The van der Waals surface area contributed by atoms with E-state index in [-0.39, 0.29) is 16.7 Å². The van der Waals surface area contributed by atoms with Gasteiger partial charge in [-0.2, -0.15) is 0 Å². The fraction of sp³-hybridized carbons (Fsp3) is 0.0667. The van der Waals surface area contributed by atoms with Gasteiger partial charge in [-0.15, -0.1) is 11.8 Å². The predicted molar refractivity (Wildman–Crippen MR) is 78.4 cm³/mol. The molecule has 0 fully saturated rings. The number of amides is 2. The molecule has 3 rings (SSSR count). The Kier molecular flexibility index (Phi) is 3.64. The number of hydrogen-bond acceptors (Lipinski definition) is 6. The summed E-state index contributed by atoms with van der Waals surface area (Å²) in [7, 11) is 0. The Balaban J connectivity index is 1.80. The van der Waals surface area contributed by atoms with Crippen LogP contribution in [0.2, 0.25) is 0 Å². The summed E-state index contributed by atoms with van der Waals surface area (Å²) >= 11 is 1.43. The van der Waals surface area contributed by atoms with Gasteiger partial charge < -0.3 is 4.84 Å². The van der Waals surface area contributed by atoms with Crippen LogP contribution >= 0.6 is 11.8 Å². The molecule has 7 heteroatoms. The van der Waals surface area contributed by atoms with Crippen LogP contribution < -0.4 is 0 Å². The van der Waals surface area contributed by atoms with Gasteiger partial charge in [0.1, 0.15) is 0 Å². The summed E-state index contributed by atoms with van der Waals surface area (Å²) < 4.78 is 0. The molecule has 22 heavy (non-hydrogen) atoms. The van der Waals surface area contributed by atoms with Crippen molar-refractivity contribution in [3.63, 3.8) is 0 Å². The normalized spacial score (nSPS) is 13.2. The fourth-order valence-corrected chi connectivity index (χ4v) is 2.37. The molecule has 1 aromatic heterocycles. The molecule has 1 aliphatic rings. The first-order valence-electron chi connectivity index (χ1n) is 6.32. The standard InChI is InChI=1S/C15H10N2O4S/c1-22-12-7-6-9(8-16-12)15(20)21-17-13(18)10-4-2-3-5-11(10)14(17)19/h2-8H,1H3. The zero-order valence-corrected chi connectivity index (χ0v) is 12.3. The van der Waals surface area contributed by atoms with Gasteiger partial charge in [0.25, 0.3) is 11.8 Å². The number of pyridine rings is 1. The molecule has 0 radical (unpaired) electrons. The summed E-state index contributed by atoms with van der Waals surface area (Å²) in [6, 6.07) is 9.49. The largest absolute Gasteiger partial charge is 0.365 e. The topological polar surface area (TPSA) is 76.6 Å². The number of carbonyl (C=O) groups is 3. The molecule has 0 bridgehead atoms. The SMILES string of the molecule is CSc1ccc(C(=O)ON2C(=O)c3ccccc3C2=O)cn1. The summed E-state index contributed by atoms with van der Waals surface area (Å²) in [4.78, 5) is 45.2. The number of aromatic nitrogens is 1. The number of carbonyl (C=O) groups excluding carboxylic acids is 3. The van der Waals surface area contributed by atoms with Crippen LogP contribution in [-0.2, 0) is 4.84 Å². The van der Waals surface area contributed by atoms with E-state index in [0.29, 0.717) is 5.06 Å². The molecule has 2 aromatic rings. The number of imide groups is 1. The second-order valence-electron chi connectivity index (χ2n) is 4.42. The summed E-state index contributed by atoms with van der Waals surface area (Å²) in [5.41, 5.74) is 0.599. The Morgan fingerprint density at radius 1 is 1.09 bits per heavy atom. The van der Waals surface area contributed by atoms with E-state index in [1.54, 1.807) is 18.2 Å². The van der Waals surface area contributed by atoms with E-state index in [0.717, 1.165) is 5.03 Å². The molecule has 1 aromatic carbocycles. The first-order chi connectivity index (χ1) is 10.6. The van der Waals surface area contributed by atoms with Gasteiger partial charge in [-0.25, -0.2) is 9.78 Å². The average molecular weight is 314 g/mol. The highest BCUT2D eigenvalue weighted by Gasteiger charge is 2.38. The number of rotatable bonds is 3. The first-order valence-corrected chi connectivity index (χ1v) is 7.54. The molecule has 0 unspecified atom stereocenters. The van der Waals surface area contributed by atoms with E-state index in [1.165, 1.54) is 36.2 Å². The highest BCUT2D eigenvalue weighted by molar-refractivity contribution is 7.98. The number of nitrogens with zero attached hydrogens (tertiary/aromatic N) is 2. The molecule has 1 aliphatic heterocycles. The monoisotopic (exact) mass is 314 g/mol. The second kappa shape index (κ2) is 5.61. The average Bonchev–Trinajstić information content (AvgIpc) is 2.80. The number of benzene rings is 1. The van der Waals surface area contributed by atoms with Gasteiger partial charge in [0, 0.05) is 6.20 Å². The van der Waals surface area contributed by atoms with Crippen LogP contribution in [0.4, 0.5) is 0 Å². The molecule has 2 amide bonds. The molecule has 0 spiro atoms. The van der Waals surface area contributed by atoms with Crippen LogP contribution in [-0.4, -0.2) is 34.1 Å². The molecule has 0 saturated carbocycles. The van der Waals surface area contributed by atoms with Crippen LogP contribution in [0.1, 0.15) is 31.1 Å². The molecule has 0 saturated heterocycles. The van der Waals surface area contributed by atoms with Gasteiger partial charge in [-0.1, -0.05) is 17.2 Å². The minimum atomic E-state index is -0.811. The van der Waals surface area contributed by atoms with Crippen molar-refractivity contribution in [2.24, 2.45) is 0 Å². The smallest absolute Gasteiger partial charge is 0.324 e. The van der Waals surface area contributed by atoms with Crippen molar-refractivity contribution in [1.29, 1.82) is 0 Å². The van der Waals surface area contributed by atoms with Crippen molar-refractivity contribution < 1.29 is 19.2 Å². The third-order valence-electron chi connectivity index (χ3n) is 3.11. The number of thioether (sulfide) groups is 1. The Labute approximate surface area is 130 Å². The summed E-state index contributed by atoms with van der Waals surface area (Å²) in [5.74, 6) is -2.11. The molecule has 0 aliphatic carbocycles. The van der Waals surface area contributed by atoms with Crippen molar-refractivity contribution >= 4 is 29.5 Å². The number of hydroxylamine groups is 2. The first kappa shape index (κ1) is 14.3. The minimum Gasteiger partial charge on any atom is -0.324 e. The zero-order chi connectivity index (χ0) is 15.7. The molecule has 0 atom stereocenters. The van der Waals surface area contributed by atoms with E-state index in [9.17, 15) is 14.4 Å². The Hall–Kier alpha value is -2.67. The quantitative estimate of drug-likeness (QED) is 0.638. The van der Waals surface area contributed by atoms with Gasteiger partial charge in [-0.05, 0) is 30.5 Å². The van der Waals surface area contributed by atoms with E-state index >= 15 is 0 Å². The van der Waals surface area contributed by atoms with Crippen molar-refractivity contribution in [2.75, 3.05) is 6.26 Å². The fourth-order valence-electron chi connectivity index (χ4n) is 2.01. The Morgan fingerprint density at radius 2 is 1.73 bits per heavy atom. The number of fused-ring (bicyclic) bond motifs is 1. The van der Waals surface area contributed by atoms with Gasteiger partial charge in [0.2, 0.25) is 0 Å². The van der Waals surface area contributed by atoms with E-state index < -0.39 is 17.8 Å². The van der Waals surface area contributed by atoms with Gasteiger partial charge in [0.05, 0.1) is 21.7 Å². The van der Waals surface area contributed by atoms with Crippen molar-refractivity contribution in [2.45, 2.75) is 5.03 Å². The lowest BCUT2D eigenvalue weighted by Gasteiger charge is -2.12. The van der Waals surface area contributed by atoms with Crippen LogP contribution in [0.15, 0.2) is 47.6 Å². The van der Waals surface area contributed by atoms with Gasteiger partial charge >= 0.3 is 5.97 Å². The molecule has 2 heterocycles. The van der Waals surface area contributed by atoms with Crippen LogP contribution in [0.25, 0.3) is 0 Å². The van der Waals surface area contributed by atoms with Gasteiger partial charge in [-0.3, -0.25) is 9.59 Å². The molecule has 110 valence electrons. The molecule has 6 nitrogen and oxygen atoms in total. The van der Waals surface area contributed by atoms with Crippen LogP contribution in [0, 0.1) is 0 Å². The lowest BCUT2D eigenvalue weighted by molar-refractivity contribution is -0.0584. The lowest BCUT2D eigenvalue weighted by Crippen LogP contribution is -2.32. The minimum absolute atomic E-state index is 0.161. The molecule has 0 N–H and O–H groups in total. The maximum absolute atomic E-state index is 12.1. The van der Waals surface area contributed by atoms with Gasteiger partial charge in [0.15, 0.2) is 0 Å². The lowest BCUT2D eigenvalue weighted by atomic mass is 10.1. The van der Waals surface area contributed by atoms with Crippen molar-refractivity contribution in [1.82, 2.24) is 10.0 Å². The van der Waals surface area contributed by atoms with E-state index in [2.05, 4.69) is 4.98 Å². The van der Waals surface area contributed by atoms with Crippen molar-refractivity contribution in [3.05, 3.63) is 59.3 Å². The third kappa shape index (κ3) is 2.35. The maximum Gasteiger partial charge on any atom is 0.365 e. The summed E-state index contributed by atoms with van der Waals surface area (Å²) in [6.07, 6.45) is 3.20. The Bertz CT molecular complexity index is 738.